The molecule has 1 heterocycles. The van der Waals surface area contributed by atoms with Gasteiger partial charge in [0.05, 0.1) is 22.4 Å². The number of halogens is 1. The van der Waals surface area contributed by atoms with E-state index in [9.17, 15) is 19.8 Å². The standard InChI is InChI=1S/C21H17BrN2O4/c22-12-5-6-15-16(11-12)23-19-13-3-1-2-4-14(13)21(20(19)24-15,9-7-17(25)26)10-8-18(27)28/h1-6,11H,7-10H2,(H,25,26)(H,27,28). The molecule has 4 rings (SSSR count). The number of carbonyl (C=O) groups is 2. The molecular weight excluding hydrogens is 424 g/mol. The third-order valence-corrected chi connectivity index (χ3v) is 5.80. The van der Waals surface area contributed by atoms with Crippen molar-refractivity contribution in [3.8, 4) is 11.3 Å². The lowest BCUT2D eigenvalue weighted by Crippen LogP contribution is -2.28. The third-order valence-electron chi connectivity index (χ3n) is 5.31. The Hall–Kier alpha value is -2.80. The Kier molecular flexibility index (Phi) is 4.63. The van der Waals surface area contributed by atoms with Crippen molar-refractivity contribution in [1.29, 1.82) is 0 Å². The molecule has 1 aromatic heterocycles. The quantitative estimate of drug-likeness (QED) is 0.589. The molecule has 3 aromatic rings. The first-order valence-corrected chi connectivity index (χ1v) is 9.71. The molecule has 0 spiro atoms. The lowest BCUT2D eigenvalue weighted by molar-refractivity contribution is -0.137. The van der Waals surface area contributed by atoms with E-state index in [1.165, 1.54) is 0 Å². The van der Waals surface area contributed by atoms with Crippen LogP contribution in [0.5, 0.6) is 0 Å². The van der Waals surface area contributed by atoms with Gasteiger partial charge in [0, 0.05) is 28.3 Å². The lowest BCUT2D eigenvalue weighted by Gasteiger charge is -2.30. The van der Waals surface area contributed by atoms with Gasteiger partial charge in [0.25, 0.3) is 0 Å². The molecule has 7 heteroatoms. The van der Waals surface area contributed by atoms with Gasteiger partial charge in [-0.05, 0) is 36.6 Å². The van der Waals surface area contributed by atoms with Crippen LogP contribution in [0.2, 0.25) is 0 Å². The normalized spacial score (nSPS) is 13.9. The summed E-state index contributed by atoms with van der Waals surface area (Å²) in [6.45, 7) is 0. The zero-order valence-electron chi connectivity index (χ0n) is 14.9. The molecule has 0 bridgehead atoms. The molecule has 2 aromatic carbocycles. The summed E-state index contributed by atoms with van der Waals surface area (Å²) in [5.41, 5.74) is 3.82. The van der Waals surface area contributed by atoms with Gasteiger partial charge in [-0.2, -0.15) is 0 Å². The minimum atomic E-state index is -0.918. The number of rotatable bonds is 6. The summed E-state index contributed by atoms with van der Waals surface area (Å²) in [5.74, 6) is -1.84. The highest BCUT2D eigenvalue weighted by Crippen LogP contribution is 2.52. The molecular formula is C21H17BrN2O4. The lowest BCUT2D eigenvalue weighted by atomic mass is 9.73. The minimum absolute atomic E-state index is 0.0759. The van der Waals surface area contributed by atoms with E-state index in [1.54, 1.807) is 0 Å². The fourth-order valence-corrected chi connectivity index (χ4v) is 4.40. The number of hydrogen-bond donors (Lipinski definition) is 2. The highest BCUT2D eigenvalue weighted by Gasteiger charge is 2.45. The van der Waals surface area contributed by atoms with Crippen molar-refractivity contribution >= 4 is 38.9 Å². The maximum absolute atomic E-state index is 11.4. The molecule has 0 radical (unpaired) electrons. The van der Waals surface area contributed by atoms with Gasteiger partial charge < -0.3 is 10.2 Å². The van der Waals surface area contributed by atoms with Crippen LogP contribution in [0.1, 0.15) is 36.9 Å². The zero-order valence-corrected chi connectivity index (χ0v) is 16.4. The molecule has 0 amide bonds. The first kappa shape index (κ1) is 18.6. The maximum Gasteiger partial charge on any atom is 0.303 e. The summed E-state index contributed by atoms with van der Waals surface area (Å²) in [5, 5.41) is 18.6. The Morgan fingerprint density at radius 3 is 2.29 bits per heavy atom. The molecule has 0 unspecified atom stereocenters. The van der Waals surface area contributed by atoms with E-state index >= 15 is 0 Å². The maximum atomic E-state index is 11.4. The predicted octanol–water partition coefficient (Wildman–Crippen LogP) is 4.39. The number of hydrogen-bond acceptors (Lipinski definition) is 4. The average Bonchev–Trinajstić information content (AvgIpc) is 2.93. The van der Waals surface area contributed by atoms with Crippen molar-refractivity contribution in [1.82, 2.24) is 9.97 Å². The molecule has 0 saturated carbocycles. The van der Waals surface area contributed by atoms with Gasteiger partial charge in [-0.25, -0.2) is 9.97 Å². The molecule has 0 atom stereocenters. The van der Waals surface area contributed by atoms with Crippen LogP contribution in [0.25, 0.3) is 22.3 Å². The summed E-state index contributed by atoms with van der Waals surface area (Å²) >= 11 is 3.45. The van der Waals surface area contributed by atoms with E-state index < -0.39 is 17.4 Å². The van der Waals surface area contributed by atoms with Crippen molar-refractivity contribution in [3.05, 3.63) is 58.2 Å². The molecule has 2 N–H and O–H groups in total. The van der Waals surface area contributed by atoms with E-state index in [-0.39, 0.29) is 25.7 Å². The van der Waals surface area contributed by atoms with Crippen molar-refractivity contribution in [2.24, 2.45) is 0 Å². The topological polar surface area (TPSA) is 100 Å². The average molecular weight is 441 g/mol. The molecule has 1 aliphatic rings. The van der Waals surface area contributed by atoms with Crippen molar-refractivity contribution in [3.63, 3.8) is 0 Å². The summed E-state index contributed by atoms with van der Waals surface area (Å²) in [4.78, 5) is 32.4. The van der Waals surface area contributed by atoms with E-state index in [4.69, 9.17) is 9.97 Å². The molecule has 142 valence electrons. The van der Waals surface area contributed by atoms with E-state index in [1.807, 2.05) is 42.5 Å². The number of benzene rings is 2. The largest absolute Gasteiger partial charge is 0.481 e. The van der Waals surface area contributed by atoms with E-state index in [2.05, 4.69) is 15.9 Å². The predicted molar refractivity (Wildman–Crippen MR) is 107 cm³/mol. The number of fused-ring (bicyclic) bond motifs is 4. The Morgan fingerprint density at radius 1 is 0.929 bits per heavy atom. The Labute approximate surface area is 169 Å². The Morgan fingerprint density at radius 2 is 1.61 bits per heavy atom. The summed E-state index contributed by atoms with van der Waals surface area (Å²) < 4.78 is 0.892. The number of carboxylic acids is 2. The monoisotopic (exact) mass is 440 g/mol. The second kappa shape index (κ2) is 6.98. The highest BCUT2D eigenvalue weighted by atomic mass is 79.9. The summed E-state index contributed by atoms with van der Waals surface area (Å²) in [6, 6.07) is 13.3. The van der Waals surface area contributed by atoms with Crippen molar-refractivity contribution in [2.45, 2.75) is 31.1 Å². The summed E-state index contributed by atoms with van der Waals surface area (Å²) in [6.07, 6.45) is 0.396. The van der Waals surface area contributed by atoms with Crippen molar-refractivity contribution < 1.29 is 19.8 Å². The van der Waals surface area contributed by atoms with Gasteiger partial charge in [0.1, 0.15) is 0 Å². The van der Waals surface area contributed by atoms with Crippen LogP contribution in [0, 0.1) is 0 Å². The highest BCUT2D eigenvalue weighted by molar-refractivity contribution is 9.10. The fraction of sp³-hybridized carbons (Fsp3) is 0.238. The van der Waals surface area contributed by atoms with Crippen LogP contribution in [-0.2, 0) is 15.0 Å². The third kappa shape index (κ3) is 3.05. The van der Waals surface area contributed by atoms with Crippen LogP contribution in [-0.4, -0.2) is 32.1 Å². The van der Waals surface area contributed by atoms with Crippen molar-refractivity contribution in [2.75, 3.05) is 0 Å². The second-order valence-electron chi connectivity index (χ2n) is 6.97. The van der Waals surface area contributed by atoms with Crippen LogP contribution < -0.4 is 0 Å². The van der Waals surface area contributed by atoms with Gasteiger partial charge in [-0.1, -0.05) is 40.2 Å². The Balaban J connectivity index is 1.98. The van der Waals surface area contributed by atoms with Gasteiger partial charge >= 0.3 is 11.9 Å². The van der Waals surface area contributed by atoms with Crippen LogP contribution in [0.4, 0.5) is 0 Å². The van der Waals surface area contributed by atoms with Gasteiger partial charge in [0.15, 0.2) is 0 Å². The molecule has 6 nitrogen and oxygen atoms in total. The number of nitrogens with zero attached hydrogens (tertiary/aromatic N) is 2. The smallest absolute Gasteiger partial charge is 0.303 e. The molecule has 0 fully saturated rings. The van der Waals surface area contributed by atoms with E-state index in [0.717, 1.165) is 21.1 Å². The minimum Gasteiger partial charge on any atom is -0.481 e. The first-order chi connectivity index (χ1) is 13.4. The number of aromatic nitrogens is 2. The first-order valence-electron chi connectivity index (χ1n) is 8.92. The number of aliphatic carboxylic acids is 2. The van der Waals surface area contributed by atoms with Crippen LogP contribution in [0.3, 0.4) is 0 Å². The zero-order chi connectivity index (χ0) is 19.9. The number of carboxylic acid groups (broad SMARTS) is 2. The molecule has 0 saturated heterocycles. The van der Waals surface area contributed by atoms with Gasteiger partial charge in [0.2, 0.25) is 0 Å². The SMILES string of the molecule is O=C(O)CCC1(CCC(=O)O)c2ccccc2-c2nc3cc(Br)ccc3nc21. The summed E-state index contributed by atoms with van der Waals surface area (Å²) in [7, 11) is 0. The Bertz CT molecular complexity index is 1090. The molecule has 1 aliphatic carbocycles. The van der Waals surface area contributed by atoms with E-state index in [0.29, 0.717) is 16.9 Å². The van der Waals surface area contributed by atoms with Crippen LogP contribution >= 0.6 is 15.9 Å². The fourth-order valence-electron chi connectivity index (χ4n) is 4.06. The van der Waals surface area contributed by atoms with Gasteiger partial charge in [-0.15, -0.1) is 0 Å². The molecule has 28 heavy (non-hydrogen) atoms. The van der Waals surface area contributed by atoms with Crippen LogP contribution in [0.15, 0.2) is 46.9 Å². The van der Waals surface area contributed by atoms with Gasteiger partial charge in [-0.3, -0.25) is 9.59 Å². The second-order valence-corrected chi connectivity index (χ2v) is 7.88. The molecule has 0 aliphatic heterocycles.